The van der Waals surface area contributed by atoms with Gasteiger partial charge in [-0.1, -0.05) is 19.8 Å². The molecule has 1 heterocycles. The number of hydrogen-bond acceptors (Lipinski definition) is 2. The van der Waals surface area contributed by atoms with Crippen molar-refractivity contribution in [2.45, 2.75) is 32.6 Å². The van der Waals surface area contributed by atoms with Crippen molar-refractivity contribution < 1.29 is 4.74 Å². The Morgan fingerprint density at radius 1 is 1.10 bits per heavy atom. The van der Waals surface area contributed by atoms with Gasteiger partial charge in [0.05, 0.1) is 0 Å². The van der Waals surface area contributed by atoms with Gasteiger partial charge in [-0.05, 0) is 19.4 Å². The summed E-state index contributed by atoms with van der Waals surface area (Å²) in [5, 5.41) is 0. The lowest BCUT2D eigenvalue weighted by molar-refractivity contribution is 0.144. The van der Waals surface area contributed by atoms with E-state index < -0.39 is 0 Å². The van der Waals surface area contributed by atoms with Crippen molar-refractivity contribution in [3.63, 3.8) is 0 Å². The molecule has 0 unspecified atom stereocenters. The molecule has 62 valence electrons. The zero-order valence-electron chi connectivity index (χ0n) is 6.94. The molecule has 1 saturated heterocycles. The van der Waals surface area contributed by atoms with Crippen LogP contribution >= 0.6 is 0 Å². The van der Waals surface area contributed by atoms with E-state index in [0.29, 0.717) is 0 Å². The summed E-state index contributed by atoms with van der Waals surface area (Å²) in [5.41, 5.74) is 4.85. The highest BCUT2D eigenvalue weighted by Gasteiger charge is 1.95. The molecule has 0 aromatic heterocycles. The molecule has 0 atom stereocenters. The SMILES string of the molecule is C1CCCOCC1.CCN. The molecule has 0 spiro atoms. The summed E-state index contributed by atoms with van der Waals surface area (Å²) in [6.45, 7) is 4.65. The Balaban J connectivity index is 0.000000236. The Morgan fingerprint density at radius 3 is 1.90 bits per heavy atom. The maximum Gasteiger partial charge on any atom is 0.0466 e. The minimum absolute atomic E-state index is 0.750. The second-order valence-electron chi connectivity index (χ2n) is 2.43. The van der Waals surface area contributed by atoms with Gasteiger partial charge >= 0.3 is 0 Å². The molecule has 0 amide bonds. The summed E-state index contributed by atoms with van der Waals surface area (Å²) in [6, 6.07) is 0. The maximum atomic E-state index is 5.19. The van der Waals surface area contributed by atoms with E-state index in [1.807, 2.05) is 6.92 Å². The highest BCUT2D eigenvalue weighted by molar-refractivity contribution is 4.46. The molecule has 0 aromatic rings. The standard InChI is InChI=1S/C6H12O.C2H7N/c1-2-4-6-7-5-3-1;1-2-3/h1-6H2;2-3H2,1H3. The van der Waals surface area contributed by atoms with Gasteiger partial charge in [-0.2, -0.15) is 0 Å². The third kappa shape index (κ3) is 7.92. The molecule has 1 fully saturated rings. The van der Waals surface area contributed by atoms with Gasteiger partial charge in [-0.15, -0.1) is 0 Å². The molecule has 1 aliphatic rings. The highest BCUT2D eigenvalue weighted by Crippen LogP contribution is 2.04. The molecule has 2 nitrogen and oxygen atoms in total. The van der Waals surface area contributed by atoms with Crippen LogP contribution in [-0.4, -0.2) is 19.8 Å². The topological polar surface area (TPSA) is 35.2 Å². The second-order valence-corrected chi connectivity index (χ2v) is 2.43. The minimum atomic E-state index is 0.750. The van der Waals surface area contributed by atoms with Crippen LogP contribution in [0.5, 0.6) is 0 Å². The van der Waals surface area contributed by atoms with Gasteiger partial charge in [0.1, 0.15) is 0 Å². The van der Waals surface area contributed by atoms with E-state index in [-0.39, 0.29) is 0 Å². The van der Waals surface area contributed by atoms with Gasteiger partial charge in [0, 0.05) is 13.2 Å². The quantitative estimate of drug-likeness (QED) is 0.561. The molecule has 1 aliphatic heterocycles. The zero-order chi connectivity index (χ0) is 7.66. The Kier molecular flexibility index (Phi) is 8.85. The molecule has 0 saturated carbocycles. The Morgan fingerprint density at radius 2 is 1.50 bits per heavy atom. The van der Waals surface area contributed by atoms with Gasteiger partial charge < -0.3 is 10.5 Å². The predicted molar refractivity (Wildman–Crippen MR) is 44.0 cm³/mol. The molecule has 0 radical (unpaired) electrons. The monoisotopic (exact) mass is 145 g/mol. The lowest BCUT2D eigenvalue weighted by Gasteiger charge is -1.91. The van der Waals surface area contributed by atoms with Crippen LogP contribution in [0, 0.1) is 0 Å². The van der Waals surface area contributed by atoms with Crippen LogP contribution in [0.1, 0.15) is 32.6 Å². The summed E-state index contributed by atoms with van der Waals surface area (Å²) in [6.07, 6.45) is 5.31. The second kappa shape index (κ2) is 8.92. The van der Waals surface area contributed by atoms with Gasteiger partial charge in [0.25, 0.3) is 0 Å². The van der Waals surface area contributed by atoms with Crippen molar-refractivity contribution >= 4 is 0 Å². The molecule has 2 N–H and O–H groups in total. The largest absolute Gasteiger partial charge is 0.381 e. The lowest BCUT2D eigenvalue weighted by atomic mass is 10.2. The molecular formula is C8H19NO. The lowest BCUT2D eigenvalue weighted by Crippen LogP contribution is -1.89. The summed E-state index contributed by atoms with van der Waals surface area (Å²) in [5.74, 6) is 0. The Bertz CT molecular complexity index is 37.6. The third-order valence-corrected chi connectivity index (χ3v) is 1.33. The van der Waals surface area contributed by atoms with E-state index in [1.165, 1.54) is 25.7 Å². The van der Waals surface area contributed by atoms with Crippen molar-refractivity contribution in [3.05, 3.63) is 0 Å². The van der Waals surface area contributed by atoms with Gasteiger partial charge in [0.15, 0.2) is 0 Å². The van der Waals surface area contributed by atoms with E-state index in [4.69, 9.17) is 10.5 Å². The fraction of sp³-hybridized carbons (Fsp3) is 1.00. The molecule has 0 aliphatic carbocycles. The van der Waals surface area contributed by atoms with Crippen molar-refractivity contribution in [3.8, 4) is 0 Å². The summed E-state index contributed by atoms with van der Waals surface area (Å²) < 4.78 is 5.19. The Labute approximate surface area is 63.7 Å². The van der Waals surface area contributed by atoms with Gasteiger partial charge in [0.2, 0.25) is 0 Å². The van der Waals surface area contributed by atoms with E-state index in [0.717, 1.165) is 19.8 Å². The minimum Gasteiger partial charge on any atom is -0.381 e. The number of hydrogen-bond donors (Lipinski definition) is 1. The van der Waals surface area contributed by atoms with Crippen molar-refractivity contribution in [2.75, 3.05) is 19.8 Å². The summed E-state index contributed by atoms with van der Waals surface area (Å²) in [7, 11) is 0. The highest BCUT2D eigenvalue weighted by atomic mass is 16.5. The molecular weight excluding hydrogens is 126 g/mol. The van der Waals surface area contributed by atoms with Crippen LogP contribution < -0.4 is 5.73 Å². The number of ether oxygens (including phenoxy) is 1. The summed E-state index contributed by atoms with van der Waals surface area (Å²) in [4.78, 5) is 0. The maximum absolute atomic E-state index is 5.19. The van der Waals surface area contributed by atoms with Gasteiger partial charge in [-0.3, -0.25) is 0 Å². The average molecular weight is 145 g/mol. The Hall–Kier alpha value is -0.0800. The molecule has 0 bridgehead atoms. The van der Waals surface area contributed by atoms with Crippen LogP contribution in [0.3, 0.4) is 0 Å². The molecule has 0 aromatic carbocycles. The molecule has 1 rings (SSSR count). The summed E-state index contributed by atoms with van der Waals surface area (Å²) >= 11 is 0. The normalized spacial score (nSPS) is 18.6. The fourth-order valence-corrected chi connectivity index (χ4v) is 0.864. The average Bonchev–Trinajstić information content (AvgIpc) is 2.17. The van der Waals surface area contributed by atoms with E-state index in [2.05, 4.69) is 0 Å². The first-order valence-corrected chi connectivity index (χ1v) is 4.19. The van der Waals surface area contributed by atoms with Gasteiger partial charge in [-0.25, -0.2) is 0 Å². The van der Waals surface area contributed by atoms with Crippen LogP contribution in [0.4, 0.5) is 0 Å². The van der Waals surface area contributed by atoms with Crippen LogP contribution in [0.15, 0.2) is 0 Å². The zero-order valence-corrected chi connectivity index (χ0v) is 6.94. The number of nitrogens with two attached hydrogens (primary N) is 1. The fourth-order valence-electron chi connectivity index (χ4n) is 0.864. The van der Waals surface area contributed by atoms with E-state index >= 15 is 0 Å². The first-order chi connectivity index (χ1) is 4.91. The third-order valence-electron chi connectivity index (χ3n) is 1.33. The molecule has 10 heavy (non-hydrogen) atoms. The van der Waals surface area contributed by atoms with Crippen molar-refractivity contribution in [2.24, 2.45) is 5.73 Å². The van der Waals surface area contributed by atoms with Crippen LogP contribution in [0.2, 0.25) is 0 Å². The number of rotatable bonds is 0. The van der Waals surface area contributed by atoms with E-state index in [1.54, 1.807) is 0 Å². The smallest absolute Gasteiger partial charge is 0.0466 e. The molecule has 2 heteroatoms. The first kappa shape index (κ1) is 9.92. The van der Waals surface area contributed by atoms with Crippen molar-refractivity contribution in [1.29, 1.82) is 0 Å². The van der Waals surface area contributed by atoms with Crippen molar-refractivity contribution in [1.82, 2.24) is 0 Å². The van der Waals surface area contributed by atoms with Crippen LogP contribution in [-0.2, 0) is 4.74 Å². The van der Waals surface area contributed by atoms with E-state index in [9.17, 15) is 0 Å². The van der Waals surface area contributed by atoms with Crippen LogP contribution in [0.25, 0.3) is 0 Å². The predicted octanol–water partition coefficient (Wildman–Crippen LogP) is 1.54. The first-order valence-electron chi connectivity index (χ1n) is 4.19.